The van der Waals surface area contributed by atoms with Crippen molar-refractivity contribution in [3.05, 3.63) is 59.1 Å². The molecule has 0 bridgehead atoms. The third-order valence-electron chi connectivity index (χ3n) is 4.06. The summed E-state index contributed by atoms with van der Waals surface area (Å²) in [6, 6.07) is 15.3. The summed E-state index contributed by atoms with van der Waals surface area (Å²) in [4.78, 5) is 12.4. The largest absolute Gasteiger partial charge is 0.384 e. The molecule has 2 aliphatic heterocycles. The number of carbonyl (C=O) groups excluding carboxylic acids is 1. The molecule has 1 atom stereocenters. The number of hydrogen-bond acceptors (Lipinski definition) is 3. The first-order valence-corrected chi connectivity index (χ1v) is 7.60. The average Bonchev–Trinajstić information content (AvgIpc) is 2.55. The monoisotopic (exact) mass is 311 g/mol. The number of anilines is 2. The van der Waals surface area contributed by atoms with Crippen molar-refractivity contribution in [2.75, 3.05) is 16.9 Å². The van der Waals surface area contributed by atoms with Crippen molar-refractivity contribution in [3.8, 4) is 0 Å². The molecule has 1 unspecified atom stereocenters. The van der Waals surface area contributed by atoms with Gasteiger partial charge in [-0.1, -0.05) is 29.8 Å². The number of benzene rings is 2. The van der Waals surface area contributed by atoms with Gasteiger partial charge in [0, 0.05) is 35.2 Å². The quantitative estimate of drug-likeness (QED) is 0.875. The van der Waals surface area contributed by atoms with Crippen LogP contribution >= 0.6 is 11.6 Å². The molecule has 0 aromatic heterocycles. The molecule has 4 rings (SSSR count). The van der Waals surface area contributed by atoms with Gasteiger partial charge >= 0.3 is 0 Å². The summed E-state index contributed by atoms with van der Waals surface area (Å²) in [6.07, 6.45) is 0.461. The van der Waals surface area contributed by atoms with E-state index in [-0.39, 0.29) is 11.8 Å². The fourth-order valence-corrected chi connectivity index (χ4v) is 3.09. The van der Waals surface area contributed by atoms with Crippen molar-refractivity contribution in [2.45, 2.75) is 6.42 Å². The van der Waals surface area contributed by atoms with Gasteiger partial charge in [0.15, 0.2) is 0 Å². The SMILES string of the molecule is O=C1CC2CNc3ccccc3C2=NN1c1ccc(Cl)cc1. The summed E-state index contributed by atoms with van der Waals surface area (Å²) in [5, 5.41) is 10.2. The van der Waals surface area contributed by atoms with Gasteiger partial charge in [0.2, 0.25) is 5.91 Å². The van der Waals surface area contributed by atoms with Crippen molar-refractivity contribution >= 4 is 34.6 Å². The number of hydrogen-bond donors (Lipinski definition) is 1. The minimum atomic E-state index is 0.0113. The third kappa shape index (κ3) is 2.16. The first kappa shape index (κ1) is 13.3. The lowest BCUT2D eigenvalue weighted by Crippen LogP contribution is -2.42. The van der Waals surface area contributed by atoms with Crippen LogP contribution in [0.3, 0.4) is 0 Å². The zero-order chi connectivity index (χ0) is 15.1. The Balaban J connectivity index is 1.80. The van der Waals surface area contributed by atoms with Gasteiger partial charge in [-0.25, -0.2) is 5.01 Å². The molecule has 0 spiro atoms. The number of rotatable bonds is 1. The summed E-state index contributed by atoms with van der Waals surface area (Å²) in [6.45, 7) is 0.746. The maximum atomic E-state index is 12.4. The second kappa shape index (κ2) is 5.14. The molecule has 4 nitrogen and oxygen atoms in total. The Labute approximate surface area is 133 Å². The molecule has 2 aromatic rings. The Morgan fingerprint density at radius 1 is 1.14 bits per heavy atom. The Hall–Kier alpha value is -2.33. The van der Waals surface area contributed by atoms with Gasteiger partial charge in [0.25, 0.3) is 0 Å². The van der Waals surface area contributed by atoms with Crippen LogP contribution in [-0.4, -0.2) is 18.2 Å². The van der Waals surface area contributed by atoms with E-state index in [1.807, 2.05) is 36.4 Å². The van der Waals surface area contributed by atoms with Gasteiger partial charge in [0.05, 0.1) is 11.4 Å². The fraction of sp³-hybridized carbons (Fsp3) is 0.176. The Kier molecular flexibility index (Phi) is 3.12. The number of fused-ring (bicyclic) bond motifs is 3. The predicted molar refractivity (Wildman–Crippen MR) is 88.5 cm³/mol. The van der Waals surface area contributed by atoms with Crippen LogP contribution < -0.4 is 10.3 Å². The topological polar surface area (TPSA) is 44.7 Å². The molecule has 2 aliphatic rings. The molecule has 110 valence electrons. The van der Waals surface area contributed by atoms with Gasteiger partial charge in [-0.15, -0.1) is 0 Å². The lowest BCUT2D eigenvalue weighted by molar-refractivity contribution is -0.119. The molecule has 2 heterocycles. The molecule has 1 amide bonds. The second-order valence-electron chi connectivity index (χ2n) is 5.49. The maximum Gasteiger partial charge on any atom is 0.248 e. The van der Waals surface area contributed by atoms with Crippen LogP contribution in [0.4, 0.5) is 11.4 Å². The molecule has 0 fully saturated rings. The third-order valence-corrected chi connectivity index (χ3v) is 4.32. The molecular weight excluding hydrogens is 298 g/mol. The zero-order valence-electron chi connectivity index (χ0n) is 11.8. The van der Waals surface area contributed by atoms with E-state index < -0.39 is 0 Å². The summed E-state index contributed by atoms with van der Waals surface area (Å²) in [5.41, 5.74) is 3.87. The van der Waals surface area contributed by atoms with E-state index in [0.29, 0.717) is 11.4 Å². The van der Waals surface area contributed by atoms with E-state index >= 15 is 0 Å². The lowest BCUT2D eigenvalue weighted by atomic mass is 9.88. The number of nitrogens with zero attached hydrogens (tertiary/aromatic N) is 2. The van der Waals surface area contributed by atoms with Gasteiger partial charge < -0.3 is 5.32 Å². The average molecular weight is 312 g/mol. The van der Waals surface area contributed by atoms with E-state index in [1.165, 1.54) is 5.01 Å². The minimum absolute atomic E-state index is 0.0113. The van der Waals surface area contributed by atoms with Gasteiger partial charge in [-0.05, 0) is 30.3 Å². The highest BCUT2D eigenvalue weighted by Gasteiger charge is 2.34. The highest BCUT2D eigenvalue weighted by molar-refractivity contribution is 6.30. The molecular formula is C17H14ClN3O. The Morgan fingerprint density at radius 2 is 1.91 bits per heavy atom. The van der Waals surface area contributed by atoms with Crippen LogP contribution in [0.2, 0.25) is 5.02 Å². The highest BCUT2D eigenvalue weighted by Crippen LogP contribution is 2.32. The molecule has 2 aromatic carbocycles. The first-order chi connectivity index (χ1) is 10.7. The smallest absolute Gasteiger partial charge is 0.248 e. The van der Waals surface area contributed by atoms with E-state index in [9.17, 15) is 4.79 Å². The van der Waals surface area contributed by atoms with Gasteiger partial charge in [-0.3, -0.25) is 4.79 Å². The molecule has 0 saturated carbocycles. The van der Waals surface area contributed by atoms with Crippen LogP contribution in [0.25, 0.3) is 0 Å². The Bertz CT molecular complexity index is 770. The molecule has 5 heteroatoms. The molecule has 1 N–H and O–H groups in total. The van der Waals surface area contributed by atoms with Crippen molar-refractivity contribution < 1.29 is 4.79 Å². The van der Waals surface area contributed by atoms with Crippen LogP contribution in [0.1, 0.15) is 12.0 Å². The van der Waals surface area contributed by atoms with Crippen LogP contribution in [0.5, 0.6) is 0 Å². The van der Waals surface area contributed by atoms with Crippen LogP contribution in [0.15, 0.2) is 53.6 Å². The zero-order valence-corrected chi connectivity index (χ0v) is 12.5. The second-order valence-corrected chi connectivity index (χ2v) is 5.93. The van der Waals surface area contributed by atoms with E-state index in [4.69, 9.17) is 11.6 Å². The number of hydrazone groups is 1. The van der Waals surface area contributed by atoms with Crippen LogP contribution in [-0.2, 0) is 4.79 Å². The lowest BCUT2D eigenvalue weighted by Gasteiger charge is -2.33. The highest BCUT2D eigenvalue weighted by atomic mass is 35.5. The number of carbonyl (C=O) groups is 1. The molecule has 0 aliphatic carbocycles. The van der Waals surface area contributed by atoms with Crippen molar-refractivity contribution in [2.24, 2.45) is 11.0 Å². The minimum Gasteiger partial charge on any atom is -0.384 e. The van der Waals surface area contributed by atoms with E-state index in [0.717, 1.165) is 29.2 Å². The van der Waals surface area contributed by atoms with Crippen molar-refractivity contribution in [3.63, 3.8) is 0 Å². The summed E-state index contributed by atoms with van der Waals surface area (Å²) < 4.78 is 0. The van der Waals surface area contributed by atoms with E-state index in [1.54, 1.807) is 12.1 Å². The van der Waals surface area contributed by atoms with Crippen molar-refractivity contribution in [1.29, 1.82) is 0 Å². The summed E-state index contributed by atoms with van der Waals surface area (Å²) in [7, 11) is 0. The molecule has 0 saturated heterocycles. The van der Waals surface area contributed by atoms with Crippen molar-refractivity contribution in [1.82, 2.24) is 0 Å². The fourth-order valence-electron chi connectivity index (χ4n) is 2.96. The predicted octanol–water partition coefficient (Wildman–Crippen LogP) is 3.52. The van der Waals surface area contributed by atoms with Gasteiger partial charge in [-0.2, -0.15) is 5.10 Å². The number of para-hydroxylation sites is 1. The summed E-state index contributed by atoms with van der Waals surface area (Å²) >= 11 is 5.92. The van der Waals surface area contributed by atoms with Gasteiger partial charge in [0.1, 0.15) is 0 Å². The number of amides is 1. The summed E-state index contributed by atoms with van der Waals surface area (Å²) in [5.74, 6) is 0.142. The maximum absolute atomic E-state index is 12.4. The van der Waals surface area contributed by atoms with Crippen LogP contribution in [0, 0.1) is 5.92 Å². The molecule has 22 heavy (non-hydrogen) atoms. The van der Waals surface area contributed by atoms with E-state index in [2.05, 4.69) is 10.4 Å². The Morgan fingerprint density at radius 3 is 2.73 bits per heavy atom. The molecule has 0 radical (unpaired) electrons. The standard InChI is InChI=1S/C17H14ClN3O/c18-12-5-7-13(8-6-12)21-16(22)9-11-10-19-15-4-2-1-3-14(15)17(11)20-21/h1-8,11,19H,9-10H2. The number of halogens is 1. The first-order valence-electron chi connectivity index (χ1n) is 7.22. The normalized spacial score (nSPS) is 19.9. The number of nitrogens with one attached hydrogen (secondary N) is 1.